The number of nitrogens with zero attached hydrogens (tertiary/aromatic N) is 3. The van der Waals surface area contributed by atoms with Crippen molar-refractivity contribution in [2.75, 3.05) is 10.5 Å². The Balaban J connectivity index is 1.84. The maximum absolute atomic E-state index is 14.3. The Morgan fingerprint density at radius 3 is 2.10 bits per heavy atom. The number of anilines is 1. The van der Waals surface area contributed by atoms with E-state index in [4.69, 9.17) is 11.6 Å². The van der Waals surface area contributed by atoms with Crippen LogP contribution in [0.25, 0.3) is 5.65 Å². The van der Waals surface area contributed by atoms with Gasteiger partial charge >= 0.3 is 0 Å². The fraction of sp³-hybridized carbons (Fsp3) is 0.686. The van der Waals surface area contributed by atoms with Gasteiger partial charge in [0.25, 0.3) is 0 Å². The number of aromatic nitrogens is 4. The van der Waals surface area contributed by atoms with Gasteiger partial charge in [-0.2, -0.15) is 0 Å². The van der Waals surface area contributed by atoms with E-state index < -0.39 is 42.0 Å². The van der Waals surface area contributed by atoms with Gasteiger partial charge < -0.3 is 5.32 Å². The fourth-order valence-corrected chi connectivity index (χ4v) is 8.98. The number of hydrogen-bond acceptors (Lipinski definition) is 7. The van der Waals surface area contributed by atoms with Crippen LogP contribution in [0.1, 0.15) is 137 Å². The number of benzene rings is 1. The molecule has 0 saturated heterocycles. The maximum Gasteiger partial charge on any atom is 0.239 e. The van der Waals surface area contributed by atoms with Gasteiger partial charge in [0, 0.05) is 16.6 Å². The molecule has 1 atom stereocenters. The maximum atomic E-state index is 14.3. The van der Waals surface area contributed by atoms with Crippen LogP contribution in [0.5, 0.6) is 0 Å². The van der Waals surface area contributed by atoms with Crippen molar-refractivity contribution in [2.45, 2.75) is 153 Å². The lowest BCUT2D eigenvalue weighted by molar-refractivity contribution is -0.123. The van der Waals surface area contributed by atoms with Crippen molar-refractivity contribution in [2.24, 2.45) is 0 Å². The topological polar surface area (TPSA) is 155 Å². The van der Waals surface area contributed by atoms with Crippen molar-refractivity contribution in [1.29, 1.82) is 0 Å². The van der Waals surface area contributed by atoms with Gasteiger partial charge in [0.1, 0.15) is 10.3 Å². The SMILES string of the molecule is CCCCCCCCCCCCC(C(=O)NC(C)(C)C(C)(C)c1nnc2c(Cl)c(C)[nH]n12)S(=O)(=O)c1cccc(NS(=O)(=O)CCCC)c1. The lowest BCUT2D eigenvalue weighted by atomic mass is 9.73. The van der Waals surface area contributed by atoms with Crippen LogP contribution < -0.4 is 10.0 Å². The van der Waals surface area contributed by atoms with Gasteiger partial charge in [0.2, 0.25) is 15.9 Å². The van der Waals surface area contributed by atoms with Gasteiger partial charge in [-0.05, 0) is 51.8 Å². The molecular weight excluding hydrogens is 684 g/mol. The van der Waals surface area contributed by atoms with Crippen LogP contribution in [-0.2, 0) is 30.1 Å². The van der Waals surface area contributed by atoms with Gasteiger partial charge in [-0.1, -0.05) is 116 Å². The Kier molecular flexibility index (Phi) is 14.6. The highest BCUT2D eigenvalue weighted by Crippen LogP contribution is 2.36. The number of nitrogens with one attached hydrogen (secondary N) is 3. The molecule has 2 aromatic heterocycles. The van der Waals surface area contributed by atoms with E-state index in [1.54, 1.807) is 4.52 Å². The Bertz CT molecular complexity index is 1750. The molecule has 0 aliphatic heterocycles. The molecule has 3 rings (SSSR count). The van der Waals surface area contributed by atoms with Gasteiger partial charge in [0.15, 0.2) is 21.3 Å². The monoisotopic (exact) mass is 740 g/mol. The van der Waals surface area contributed by atoms with E-state index in [9.17, 15) is 21.6 Å². The zero-order valence-electron chi connectivity index (χ0n) is 30.4. The first-order chi connectivity index (χ1) is 23.0. The number of halogens is 1. The van der Waals surface area contributed by atoms with Crippen molar-refractivity contribution in [1.82, 2.24) is 25.1 Å². The number of H-pyrrole nitrogens is 1. The second-order valence-electron chi connectivity index (χ2n) is 14.3. The smallest absolute Gasteiger partial charge is 0.239 e. The minimum atomic E-state index is -4.22. The number of sulfone groups is 1. The Morgan fingerprint density at radius 2 is 1.49 bits per heavy atom. The molecule has 3 aromatic rings. The molecule has 276 valence electrons. The average molecular weight is 741 g/mol. The number of aromatic amines is 1. The minimum Gasteiger partial charge on any atom is -0.349 e. The second-order valence-corrected chi connectivity index (χ2v) is 18.6. The Morgan fingerprint density at radius 1 is 0.898 bits per heavy atom. The average Bonchev–Trinajstić information content (AvgIpc) is 3.57. The minimum absolute atomic E-state index is 0.0677. The summed E-state index contributed by atoms with van der Waals surface area (Å²) >= 11 is 6.41. The summed E-state index contributed by atoms with van der Waals surface area (Å²) in [4.78, 5) is 14.1. The quantitative estimate of drug-likeness (QED) is 0.0885. The lowest BCUT2D eigenvalue weighted by Gasteiger charge is -2.41. The molecule has 14 heteroatoms. The highest BCUT2D eigenvalue weighted by molar-refractivity contribution is 7.93. The van der Waals surface area contributed by atoms with Crippen molar-refractivity contribution >= 4 is 48.7 Å². The number of rotatable bonds is 22. The van der Waals surface area contributed by atoms with Gasteiger partial charge in [0.05, 0.1) is 16.3 Å². The van der Waals surface area contributed by atoms with E-state index in [1.165, 1.54) is 56.4 Å². The predicted octanol–water partition coefficient (Wildman–Crippen LogP) is 7.89. The molecule has 0 saturated carbocycles. The molecule has 0 bridgehead atoms. The molecule has 49 heavy (non-hydrogen) atoms. The number of amides is 1. The van der Waals surface area contributed by atoms with Crippen molar-refractivity contribution in [3.63, 3.8) is 0 Å². The molecule has 2 heterocycles. The van der Waals surface area contributed by atoms with Gasteiger partial charge in [-0.3, -0.25) is 14.6 Å². The number of aryl methyl sites for hydroxylation is 1. The third-order valence-corrected chi connectivity index (χ3v) is 13.6. The summed E-state index contributed by atoms with van der Waals surface area (Å²) in [7, 11) is -7.87. The molecule has 1 unspecified atom stereocenters. The number of fused-ring (bicyclic) bond motifs is 1. The van der Waals surface area contributed by atoms with E-state index in [0.717, 1.165) is 31.4 Å². The number of unbranched alkanes of at least 4 members (excludes halogenated alkanes) is 10. The summed E-state index contributed by atoms with van der Waals surface area (Å²) in [5.74, 6) is -0.161. The van der Waals surface area contributed by atoms with Crippen LogP contribution in [0.2, 0.25) is 5.02 Å². The second kappa shape index (κ2) is 17.5. The lowest BCUT2D eigenvalue weighted by Crippen LogP contribution is -2.59. The standard InChI is InChI=1S/C35H57ClN6O5S2/c1-8-10-12-13-14-15-16-17-18-19-23-29(49(46,47)28-22-20-21-27(25-28)41-48(44,45)24-11-9-2)32(43)37-35(6,7)34(4,5)33-39-38-31-30(36)26(3)40-42(31)33/h20-22,25,29,40-41H,8-19,23-24H2,1-7H3,(H,37,43). The largest absolute Gasteiger partial charge is 0.349 e. The predicted molar refractivity (Wildman–Crippen MR) is 199 cm³/mol. The summed E-state index contributed by atoms with van der Waals surface area (Å²) in [6.45, 7) is 13.4. The zero-order chi connectivity index (χ0) is 36.5. The molecule has 0 spiro atoms. The summed E-state index contributed by atoms with van der Waals surface area (Å²) in [6, 6.07) is 5.72. The van der Waals surface area contributed by atoms with E-state index in [-0.39, 0.29) is 22.8 Å². The van der Waals surface area contributed by atoms with E-state index >= 15 is 0 Å². The van der Waals surface area contributed by atoms with Crippen LogP contribution in [0.4, 0.5) is 5.69 Å². The molecule has 0 radical (unpaired) electrons. The molecule has 1 amide bonds. The van der Waals surface area contributed by atoms with E-state index in [0.29, 0.717) is 35.8 Å². The first-order valence-electron chi connectivity index (χ1n) is 17.7. The zero-order valence-corrected chi connectivity index (χ0v) is 32.8. The van der Waals surface area contributed by atoms with Crippen LogP contribution >= 0.6 is 11.6 Å². The van der Waals surface area contributed by atoms with Crippen molar-refractivity contribution < 1.29 is 21.6 Å². The highest BCUT2D eigenvalue weighted by atomic mass is 35.5. The molecule has 11 nitrogen and oxygen atoms in total. The van der Waals surface area contributed by atoms with Crippen LogP contribution in [0.15, 0.2) is 29.2 Å². The van der Waals surface area contributed by atoms with Gasteiger partial charge in [-0.25, -0.2) is 21.4 Å². The number of carbonyl (C=O) groups excluding carboxylic acids is 1. The number of carbonyl (C=O) groups is 1. The number of hydrogen-bond donors (Lipinski definition) is 3. The van der Waals surface area contributed by atoms with E-state index in [1.807, 2.05) is 41.5 Å². The number of sulfonamides is 1. The first-order valence-corrected chi connectivity index (χ1v) is 21.3. The summed E-state index contributed by atoms with van der Waals surface area (Å²) in [6.07, 6.45) is 12.1. The summed E-state index contributed by atoms with van der Waals surface area (Å²) in [5.41, 5.74) is -0.475. The first kappa shape index (κ1) is 40.8. The normalized spacial score (nSPS) is 13.6. The molecule has 1 aromatic carbocycles. The molecule has 0 aliphatic rings. The summed E-state index contributed by atoms with van der Waals surface area (Å²) < 4.78 is 57.8. The Labute approximate surface area is 298 Å². The summed E-state index contributed by atoms with van der Waals surface area (Å²) in [5, 5.41) is 13.9. The third kappa shape index (κ3) is 10.4. The van der Waals surface area contributed by atoms with Crippen LogP contribution in [0.3, 0.4) is 0 Å². The molecule has 3 N–H and O–H groups in total. The third-order valence-electron chi connectivity index (χ3n) is 9.71. The van der Waals surface area contributed by atoms with Crippen molar-refractivity contribution in [3.05, 3.63) is 40.8 Å². The molecule has 0 aliphatic carbocycles. The van der Waals surface area contributed by atoms with Crippen LogP contribution in [0, 0.1) is 6.92 Å². The highest BCUT2D eigenvalue weighted by Gasteiger charge is 2.46. The van der Waals surface area contributed by atoms with Crippen LogP contribution in [-0.4, -0.2) is 59.1 Å². The Hall–Kier alpha value is -2.64. The van der Waals surface area contributed by atoms with Crippen molar-refractivity contribution in [3.8, 4) is 0 Å². The van der Waals surface area contributed by atoms with Gasteiger partial charge in [-0.15, -0.1) is 10.2 Å². The molecule has 0 fully saturated rings. The van der Waals surface area contributed by atoms with E-state index in [2.05, 4.69) is 32.3 Å². The molecular formula is C35H57ClN6O5S2. The fourth-order valence-electron chi connectivity index (χ4n) is 5.86.